The van der Waals surface area contributed by atoms with Crippen molar-refractivity contribution in [1.82, 2.24) is 0 Å². The van der Waals surface area contributed by atoms with Gasteiger partial charge in [-0.3, -0.25) is 0 Å². The van der Waals surface area contributed by atoms with Crippen LogP contribution in [0.1, 0.15) is 11.1 Å². The minimum Gasteiger partial charge on any atom is -0.394 e. The van der Waals surface area contributed by atoms with Crippen LogP contribution in [0.3, 0.4) is 0 Å². The van der Waals surface area contributed by atoms with Gasteiger partial charge in [0, 0.05) is 20.0 Å². The molecule has 3 nitrogen and oxygen atoms in total. The van der Waals surface area contributed by atoms with Gasteiger partial charge in [-0.25, -0.2) is 4.79 Å². The van der Waals surface area contributed by atoms with Crippen molar-refractivity contribution in [1.29, 1.82) is 0 Å². The quantitative estimate of drug-likeness (QED) is 0.256. The monoisotopic (exact) mass is 494 g/mol. The van der Waals surface area contributed by atoms with E-state index in [0.717, 1.165) is 20.0 Å². The standard InChI is InChI=1S/C15H12I2O3/c16-9-11-5-1-3-7-13(11)19-15(18)20-14-8-4-2-6-12(14)10-17/h1-8H,9-10H2. The number of carbonyl (C=O) groups is 1. The first-order chi connectivity index (χ1) is 9.74. The molecule has 0 bridgehead atoms. The van der Waals surface area contributed by atoms with Crippen LogP contribution in [-0.2, 0) is 8.86 Å². The predicted molar refractivity (Wildman–Crippen MR) is 95.0 cm³/mol. The summed E-state index contributed by atoms with van der Waals surface area (Å²) in [6.45, 7) is 0. The van der Waals surface area contributed by atoms with E-state index in [-0.39, 0.29) is 0 Å². The summed E-state index contributed by atoms with van der Waals surface area (Å²) in [6.07, 6.45) is -0.709. The molecule has 0 N–H and O–H groups in total. The van der Waals surface area contributed by atoms with Gasteiger partial charge in [-0.05, 0) is 12.1 Å². The first-order valence-electron chi connectivity index (χ1n) is 5.92. The summed E-state index contributed by atoms with van der Waals surface area (Å²) < 4.78 is 12.1. The molecule has 0 aliphatic heterocycles. The van der Waals surface area contributed by atoms with E-state index >= 15 is 0 Å². The molecule has 0 aliphatic rings. The minimum atomic E-state index is -0.709. The van der Waals surface area contributed by atoms with Crippen molar-refractivity contribution in [3.05, 3.63) is 59.7 Å². The molecule has 104 valence electrons. The molecule has 0 atom stereocenters. The van der Waals surface area contributed by atoms with Crippen LogP contribution in [0.4, 0.5) is 4.79 Å². The van der Waals surface area contributed by atoms with Gasteiger partial charge < -0.3 is 9.47 Å². The van der Waals surface area contributed by atoms with Crippen LogP contribution in [0.5, 0.6) is 11.5 Å². The van der Waals surface area contributed by atoms with Crippen molar-refractivity contribution < 1.29 is 14.3 Å². The minimum absolute atomic E-state index is 0.541. The lowest BCUT2D eigenvalue weighted by atomic mass is 10.2. The normalized spacial score (nSPS) is 10.1. The van der Waals surface area contributed by atoms with Crippen molar-refractivity contribution in [2.75, 3.05) is 0 Å². The van der Waals surface area contributed by atoms with Crippen LogP contribution in [0.25, 0.3) is 0 Å². The molecular formula is C15H12I2O3. The first-order valence-corrected chi connectivity index (χ1v) is 8.97. The number of para-hydroxylation sites is 2. The maximum Gasteiger partial charge on any atom is 0.519 e. The van der Waals surface area contributed by atoms with E-state index in [9.17, 15) is 4.79 Å². The Labute approximate surface area is 144 Å². The zero-order chi connectivity index (χ0) is 14.4. The summed E-state index contributed by atoms with van der Waals surface area (Å²) in [5, 5.41) is 0. The molecule has 2 rings (SSSR count). The van der Waals surface area contributed by atoms with E-state index in [4.69, 9.17) is 9.47 Å². The van der Waals surface area contributed by atoms with Gasteiger partial charge in [0.1, 0.15) is 11.5 Å². The molecule has 2 aromatic rings. The predicted octanol–water partition coefficient (Wildman–Crippen LogP) is 5.13. The van der Waals surface area contributed by atoms with Gasteiger partial charge in [0.25, 0.3) is 0 Å². The molecule has 0 aliphatic carbocycles. The van der Waals surface area contributed by atoms with Gasteiger partial charge in [0.05, 0.1) is 0 Å². The molecule has 0 amide bonds. The third-order valence-corrected chi connectivity index (χ3v) is 4.26. The van der Waals surface area contributed by atoms with Crippen LogP contribution in [0, 0.1) is 0 Å². The van der Waals surface area contributed by atoms with E-state index in [1.807, 2.05) is 36.4 Å². The highest BCUT2D eigenvalue weighted by molar-refractivity contribution is 14.1. The molecule has 0 aromatic heterocycles. The van der Waals surface area contributed by atoms with Gasteiger partial charge in [0.15, 0.2) is 0 Å². The smallest absolute Gasteiger partial charge is 0.394 e. The molecule has 5 heteroatoms. The second-order valence-corrected chi connectivity index (χ2v) is 5.46. The Bertz CT molecular complexity index is 548. The van der Waals surface area contributed by atoms with E-state index in [2.05, 4.69) is 45.2 Å². The highest BCUT2D eigenvalue weighted by Gasteiger charge is 2.12. The second-order valence-electron chi connectivity index (χ2n) is 3.94. The van der Waals surface area contributed by atoms with E-state index in [0.29, 0.717) is 11.5 Å². The number of halogens is 2. The van der Waals surface area contributed by atoms with Crippen LogP contribution in [0.2, 0.25) is 0 Å². The van der Waals surface area contributed by atoms with Crippen LogP contribution >= 0.6 is 45.2 Å². The number of alkyl halides is 2. The van der Waals surface area contributed by atoms with Crippen molar-refractivity contribution in [2.24, 2.45) is 0 Å². The summed E-state index contributed by atoms with van der Waals surface area (Å²) in [7, 11) is 0. The molecule has 0 heterocycles. The lowest BCUT2D eigenvalue weighted by molar-refractivity contribution is 0.151. The number of ether oxygens (including phenoxy) is 2. The van der Waals surface area contributed by atoms with Gasteiger partial charge in [-0.2, -0.15) is 0 Å². The van der Waals surface area contributed by atoms with Crippen molar-refractivity contribution in [3.8, 4) is 11.5 Å². The Kier molecular flexibility index (Phi) is 6.08. The fourth-order valence-corrected chi connectivity index (χ4v) is 2.89. The van der Waals surface area contributed by atoms with E-state index in [1.54, 1.807) is 12.1 Å². The molecule has 0 saturated carbocycles. The van der Waals surface area contributed by atoms with Crippen LogP contribution < -0.4 is 9.47 Å². The largest absolute Gasteiger partial charge is 0.519 e. The number of hydrogen-bond donors (Lipinski definition) is 0. The zero-order valence-electron chi connectivity index (χ0n) is 10.5. The molecule has 2 aromatic carbocycles. The van der Waals surface area contributed by atoms with E-state index in [1.165, 1.54) is 0 Å². The topological polar surface area (TPSA) is 35.5 Å². The molecule has 0 saturated heterocycles. The van der Waals surface area contributed by atoms with Gasteiger partial charge in [-0.1, -0.05) is 81.6 Å². The third kappa shape index (κ3) is 4.08. The molecule has 0 spiro atoms. The number of rotatable bonds is 4. The SMILES string of the molecule is O=C(Oc1ccccc1CI)Oc1ccccc1CI. The lowest BCUT2D eigenvalue weighted by Gasteiger charge is -2.10. The van der Waals surface area contributed by atoms with Crippen molar-refractivity contribution >= 4 is 51.3 Å². The maximum absolute atomic E-state index is 11.9. The van der Waals surface area contributed by atoms with Crippen LogP contribution in [-0.4, -0.2) is 6.16 Å². The summed E-state index contributed by atoms with van der Waals surface area (Å²) >= 11 is 4.46. The fraction of sp³-hybridized carbons (Fsp3) is 0.133. The number of benzene rings is 2. The number of hydrogen-bond acceptors (Lipinski definition) is 3. The Morgan fingerprint density at radius 3 is 1.60 bits per heavy atom. The Balaban J connectivity index is 2.09. The summed E-state index contributed by atoms with van der Waals surface area (Å²) in [4.78, 5) is 11.9. The molecular weight excluding hydrogens is 482 g/mol. The Hall–Kier alpha value is -0.830. The van der Waals surface area contributed by atoms with Gasteiger partial charge in [0.2, 0.25) is 0 Å². The third-order valence-electron chi connectivity index (χ3n) is 2.62. The zero-order valence-corrected chi connectivity index (χ0v) is 14.8. The number of carbonyl (C=O) groups excluding carboxylic acids is 1. The average Bonchev–Trinajstić information content (AvgIpc) is 2.48. The van der Waals surface area contributed by atoms with Crippen molar-refractivity contribution in [2.45, 2.75) is 8.86 Å². The molecule has 0 fully saturated rings. The summed E-state index contributed by atoms with van der Waals surface area (Å²) in [5.74, 6) is 1.08. The summed E-state index contributed by atoms with van der Waals surface area (Å²) in [5.41, 5.74) is 1.93. The average molecular weight is 494 g/mol. The fourth-order valence-electron chi connectivity index (χ4n) is 1.63. The first kappa shape index (κ1) is 15.6. The lowest BCUT2D eigenvalue weighted by Crippen LogP contribution is -2.15. The summed E-state index contributed by atoms with van der Waals surface area (Å²) in [6, 6.07) is 14.9. The Morgan fingerprint density at radius 2 is 1.20 bits per heavy atom. The molecule has 0 radical (unpaired) electrons. The highest BCUT2D eigenvalue weighted by Crippen LogP contribution is 2.24. The highest BCUT2D eigenvalue weighted by atomic mass is 127. The van der Waals surface area contributed by atoms with Crippen LogP contribution in [0.15, 0.2) is 48.5 Å². The van der Waals surface area contributed by atoms with E-state index < -0.39 is 6.16 Å². The maximum atomic E-state index is 11.9. The van der Waals surface area contributed by atoms with Crippen molar-refractivity contribution in [3.63, 3.8) is 0 Å². The van der Waals surface area contributed by atoms with Gasteiger partial charge in [-0.15, -0.1) is 0 Å². The Morgan fingerprint density at radius 1 is 0.800 bits per heavy atom. The molecule has 20 heavy (non-hydrogen) atoms. The second kappa shape index (κ2) is 7.82. The van der Waals surface area contributed by atoms with Gasteiger partial charge >= 0.3 is 6.16 Å². The molecule has 0 unspecified atom stereocenters.